The Labute approximate surface area is 141 Å². The predicted molar refractivity (Wildman–Crippen MR) is 86.3 cm³/mol. The van der Waals surface area contributed by atoms with Gasteiger partial charge in [-0.3, -0.25) is 4.79 Å². The van der Waals surface area contributed by atoms with Crippen LogP contribution in [0.5, 0.6) is 0 Å². The third-order valence-electron chi connectivity index (χ3n) is 3.26. The molecular formula is C17H15F3N2O3. The summed E-state index contributed by atoms with van der Waals surface area (Å²) in [4.78, 5) is 23.2. The Morgan fingerprint density at radius 2 is 1.68 bits per heavy atom. The highest BCUT2D eigenvalue weighted by atomic mass is 19.4. The minimum atomic E-state index is -4.51. The summed E-state index contributed by atoms with van der Waals surface area (Å²) >= 11 is 0. The second-order valence-corrected chi connectivity index (χ2v) is 5.01. The van der Waals surface area contributed by atoms with E-state index < -0.39 is 23.6 Å². The van der Waals surface area contributed by atoms with Crippen molar-refractivity contribution in [1.82, 2.24) is 0 Å². The van der Waals surface area contributed by atoms with E-state index in [1.54, 1.807) is 0 Å². The van der Waals surface area contributed by atoms with Crippen molar-refractivity contribution in [2.75, 3.05) is 24.3 Å². The molecule has 0 aliphatic rings. The van der Waals surface area contributed by atoms with E-state index in [0.717, 1.165) is 6.07 Å². The predicted octanol–water partition coefficient (Wildman–Crippen LogP) is 3.54. The largest absolute Gasteiger partial charge is 0.465 e. The first-order valence-corrected chi connectivity index (χ1v) is 7.19. The molecule has 2 aromatic carbocycles. The fourth-order valence-electron chi connectivity index (χ4n) is 2.07. The van der Waals surface area contributed by atoms with Crippen LogP contribution < -0.4 is 10.6 Å². The van der Waals surface area contributed by atoms with Gasteiger partial charge in [-0.05, 0) is 36.4 Å². The number of halogens is 3. The van der Waals surface area contributed by atoms with Crippen molar-refractivity contribution in [3.05, 3.63) is 59.7 Å². The van der Waals surface area contributed by atoms with Crippen molar-refractivity contribution in [1.29, 1.82) is 0 Å². The molecule has 0 spiro atoms. The molecular weight excluding hydrogens is 337 g/mol. The fraction of sp³-hybridized carbons (Fsp3) is 0.176. The number of ether oxygens (including phenoxy) is 1. The Hall–Kier alpha value is -3.03. The monoisotopic (exact) mass is 352 g/mol. The summed E-state index contributed by atoms with van der Waals surface area (Å²) in [6.45, 7) is -0.341. The summed E-state index contributed by atoms with van der Waals surface area (Å²) in [5, 5.41) is 4.99. The van der Waals surface area contributed by atoms with Crippen LogP contribution in [0.25, 0.3) is 0 Å². The highest BCUT2D eigenvalue weighted by molar-refractivity contribution is 5.95. The van der Waals surface area contributed by atoms with E-state index >= 15 is 0 Å². The van der Waals surface area contributed by atoms with Gasteiger partial charge in [0.2, 0.25) is 5.91 Å². The molecule has 0 bridgehead atoms. The molecule has 0 fully saturated rings. The number of carbonyl (C=O) groups excluding carboxylic acids is 2. The maximum atomic E-state index is 12.9. The number of rotatable bonds is 5. The van der Waals surface area contributed by atoms with Crippen LogP contribution in [0, 0.1) is 0 Å². The summed E-state index contributed by atoms with van der Waals surface area (Å²) in [7, 11) is 1.25. The molecule has 2 aromatic rings. The molecule has 2 rings (SSSR count). The minimum Gasteiger partial charge on any atom is -0.465 e. The molecule has 0 aliphatic heterocycles. The number of hydrogen-bond acceptors (Lipinski definition) is 4. The first-order valence-electron chi connectivity index (χ1n) is 7.19. The maximum absolute atomic E-state index is 12.9. The van der Waals surface area contributed by atoms with Gasteiger partial charge >= 0.3 is 12.1 Å². The average molecular weight is 352 g/mol. The molecule has 0 aromatic heterocycles. The van der Waals surface area contributed by atoms with Crippen molar-refractivity contribution in [3.8, 4) is 0 Å². The smallest absolute Gasteiger partial charge is 0.418 e. The Bertz CT molecular complexity index is 758. The van der Waals surface area contributed by atoms with Crippen LogP contribution in [-0.4, -0.2) is 25.5 Å². The first-order chi connectivity index (χ1) is 11.8. The zero-order chi connectivity index (χ0) is 18.4. The van der Waals surface area contributed by atoms with Gasteiger partial charge in [-0.15, -0.1) is 0 Å². The lowest BCUT2D eigenvalue weighted by Gasteiger charge is -2.14. The number of alkyl halides is 3. The van der Waals surface area contributed by atoms with Gasteiger partial charge in [0, 0.05) is 11.4 Å². The Morgan fingerprint density at radius 3 is 2.28 bits per heavy atom. The zero-order valence-electron chi connectivity index (χ0n) is 13.2. The maximum Gasteiger partial charge on any atom is 0.418 e. The van der Waals surface area contributed by atoms with E-state index in [1.807, 2.05) is 0 Å². The highest BCUT2D eigenvalue weighted by Gasteiger charge is 2.33. The van der Waals surface area contributed by atoms with Gasteiger partial charge in [0.15, 0.2) is 0 Å². The summed E-state index contributed by atoms with van der Waals surface area (Å²) in [5.74, 6) is -1.04. The van der Waals surface area contributed by atoms with E-state index in [-0.39, 0.29) is 12.2 Å². The van der Waals surface area contributed by atoms with Crippen molar-refractivity contribution < 1.29 is 27.5 Å². The van der Waals surface area contributed by atoms with Gasteiger partial charge in [0.25, 0.3) is 0 Å². The van der Waals surface area contributed by atoms with Gasteiger partial charge in [0.1, 0.15) is 0 Å². The Kier molecular flexibility index (Phi) is 5.63. The van der Waals surface area contributed by atoms with Gasteiger partial charge < -0.3 is 15.4 Å². The molecule has 0 radical (unpaired) electrons. The number of benzene rings is 2. The fourth-order valence-corrected chi connectivity index (χ4v) is 2.07. The molecule has 0 saturated carbocycles. The quantitative estimate of drug-likeness (QED) is 0.808. The van der Waals surface area contributed by atoms with Crippen LogP contribution in [0.2, 0.25) is 0 Å². The van der Waals surface area contributed by atoms with E-state index in [1.165, 1.54) is 49.6 Å². The summed E-state index contributed by atoms with van der Waals surface area (Å²) in [6.07, 6.45) is -4.51. The number of nitrogens with one attached hydrogen (secondary N) is 2. The molecule has 0 saturated heterocycles. The standard InChI is InChI=1S/C17H15F3N2O3/c1-25-16(24)11-6-8-12(9-7-11)22-15(23)10-21-14-5-3-2-4-13(14)17(18,19)20/h2-9,21H,10H2,1H3,(H,22,23). The number of amides is 1. The molecule has 2 N–H and O–H groups in total. The zero-order valence-corrected chi connectivity index (χ0v) is 13.2. The minimum absolute atomic E-state index is 0.175. The lowest BCUT2D eigenvalue weighted by atomic mass is 10.1. The van der Waals surface area contributed by atoms with E-state index in [4.69, 9.17) is 0 Å². The Balaban J connectivity index is 1.97. The Morgan fingerprint density at radius 1 is 1.04 bits per heavy atom. The normalized spacial score (nSPS) is 10.9. The molecule has 132 valence electrons. The summed E-state index contributed by atoms with van der Waals surface area (Å²) in [5.41, 5.74) is -0.294. The number of para-hydroxylation sites is 1. The first kappa shape index (κ1) is 18.3. The van der Waals surface area contributed by atoms with Crippen molar-refractivity contribution in [3.63, 3.8) is 0 Å². The van der Waals surface area contributed by atoms with Crippen molar-refractivity contribution >= 4 is 23.3 Å². The number of anilines is 2. The molecule has 5 nitrogen and oxygen atoms in total. The van der Waals surface area contributed by atoms with Gasteiger partial charge in [-0.2, -0.15) is 13.2 Å². The number of carbonyl (C=O) groups is 2. The van der Waals surface area contributed by atoms with Crippen LogP contribution in [0.1, 0.15) is 15.9 Å². The second kappa shape index (κ2) is 7.69. The third kappa shape index (κ3) is 4.97. The van der Waals surface area contributed by atoms with Gasteiger partial charge in [0.05, 0.1) is 24.8 Å². The molecule has 1 amide bonds. The topological polar surface area (TPSA) is 67.4 Å². The number of methoxy groups -OCH3 is 1. The molecule has 0 unspecified atom stereocenters. The average Bonchev–Trinajstić information content (AvgIpc) is 2.59. The van der Waals surface area contributed by atoms with Crippen LogP contribution in [-0.2, 0) is 15.7 Å². The van der Waals surface area contributed by atoms with Gasteiger partial charge in [-0.1, -0.05) is 12.1 Å². The number of esters is 1. The molecule has 25 heavy (non-hydrogen) atoms. The van der Waals surface area contributed by atoms with Crippen LogP contribution in [0.4, 0.5) is 24.5 Å². The molecule has 8 heteroatoms. The van der Waals surface area contributed by atoms with E-state index in [9.17, 15) is 22.8 Å². The lowest BCUT2D eigenvalue weighted by molar-refractivity contribution is -0.137. The van der Waals surface area contributed by atoms with Crippen LogP contribution in [0.15, 0.2) is 48.5 Å². The van der Waals surface area contributed by atoms with E-state index in [0.29, 0.717) is 11.3 Å². The highest BCUT2D eigenvalue weighted by Crippen LogP contribution is 2.34. The van der Waals surface area contributed by atoms with Crippen LogP contribution in [0.3, 0.4) is 0 Å². The van der Waals surface area contributed by atoms with E-state index in [2.05, 4.69) is 15.4 Å². The molecule has 0 atom stereocenters. The van der Waals surface area contributed by atoms with Crippen molar-refractivity contribution in [2.24, 2.45) is 0 Å². The van der Waals surface area contributed by atoms with Gasteiger partial charge in [-0.25, -0.2) is 4.79 Å². The SMILES string of the molecule is COC(=O)c1ccc(NC(=O)CNc2ccccc2C(F)(F)F)cc1. The second-order valence-electron chi connectivity index (χ2n) is 5.01. The third-order valence-corrected chi connectivity index (χ3v) is 3.26. The molecule has 0 aliphatic carbocycles. The lowest BCUT2D eigenvalue weighted by Crippen LogP contribution is -2.23. The van der Waals surface area contributed by atoms with Crippen LogP contribution >= 0.6 is 0 Å². The number of hydrogen-bond donors (Lipinski definition) is 2. The molecule has 0 heterocycles. The summed E-state index contributed by atoms with van der Waals surface area (Å²) in [6, 6.07) is 10.8. The van der Waals surface area contributed by atoms with Crippen molar-refractivity contribution in [2.45, 2.75) is 6.18 Å². The summed E-state index contributed by atoms with van der Waals surface area (Å²) < 4.78 is 43.2.